The normalized spacial score (nSPS) is 19.1. The second-order valence-corrected chi connectivity index (χ2v) is 4.50. The van der Waals surface area contributed by atoms with Crippen LogP contribution in [0.1, 0.15) is 18.9 Å². The van der Waals surface area contributed by atoms with E-state index in [1.54, 1.807) is 18.3 Å². The molecule has 6 heteroatoms. The van der Waals surface area contributed by atoms with E-state index in [0.717, 1.165) is 6.08 Å². The standard InChI is InChI=1S/C14H17N3O3/c1-2-11-14(20)16-8-9-17(11)13-10(4-3-7-15-13)5-6-12(18)19/h3-7,11H,2,8-9H2,1H3,(H,16,20)(H,18,19)/b6-5+. The third-order valence-electron chi connectivity index (χ3n) is 3.21. The van der Waals surface area contributed by atoms with Crippen molar-refractivity contribution in [1.29, 1.82) is 0 Å². The van der Waals surface area contributed by atoms with Crippen molar-refractivity contribution in [3.05, 3.63) is 30.0 Å². The summed E-state index contributed by atoms with van der Waals surface area (Å²) in [5.74, 6) is -0.382. The van der Waals surface area contributed by atoms with E-state index in [1.165, 1.54) is 6.08 Å². The number of amides is 1. The number of pyridine rings is 1. The van der Waals surface area contributed by atoms with Gasteiger partial charge in [-0.2, -0.15) is 0 Å². The van der Waals surface area contributed by atoms with Gasteiger partial charge in [0, 0.05) is 30.9 Å². The van der Waals surface area contributed by atoms with Gasteiger partial charge in [0.05, 0.1) is 0 Å². The molecule has 1 aliphatic rings. The molecule has 2 N–H and O–H groups in total. The highest BCUT2D eigenvalue weighted by Gasteiger charge is 2.29. The summed E-state index contributed by atoms with van der Waals surface area (Å²) in [5, 5.41) is 11.6. The predicted octanol–water partition coefficient (Wildman–Crippen LogP) is 0.894. The van der Waals surface area contributed by atoms with Crippen LogP contribution in [0.25, 0.3) is 6.08 Å². The Morgan fingerprint density at radius 2 is 2.45 bits per heavy atom. The summed E-state index contributed by atoms with van der Waals surface area (Å²) in [6.07, 6.45) is 4.90. The van der Waals surface area contributed by atoms with Crippen LogP contribution in [0.5, 0.6) is 0 Å². The predicted molar refractivity (Wildman–Crippen MR) is 75.3 cm³/mol. The molecule has 20 heavy (non-hydrogen) atoms. The summed E-state index contributed by atoms with van der Waals surface area (Å²) in [4.78, 5) is 28.8. The molecule has 106 valence electrons. The number of carboxylic acids is 1. The van der Waals surface area contributed by atoms with Crippen molar-refractivity contribution in [2.75, 3.05) is 18.0 Å². The van der Waals surface area contributed by atoms with Crippen LogP contribution < -0.4 is 10.2 Å². The van der Waals surface area contributed by atoms with Crippen molar-refractivity contribution in [3.63, 3.8) is 0 Å². The SMILES string of the molecule is CCC1C(=O)NCCN1c1ncccc1/C=C/C(=O)O. The zero-order valence-corrected chi connectivity index (χ0v) is 11.2. The van der Waals surface area contributed by atoms with E-state index in [0.29, 0.717) is 30.9 Å². The number of aromatic nitrogens is 1. The molecule has 0 aliphatic carbocycles. The lowest BCUT2D eigenvalue weighted by atomic mass is 10.1. The molecule has 1 unspecified atom stereocenters. The highest BCUT2D eigenvalue weighted by molar-refractivity contribution is 5.89. The van der Waals surface area contributed by atoms with Crippen molar-refractivity contribution in [2.24, 2.45) is 0 Å². The number of carbonyl (C=O) groups excluding carboxylic acids is 1. The van der Waals surface area contributed by atoms with Crippen LogP contribution >= 0.6 is 0 Å². The largest absolute Gasteiger partial charge is 0.478 e. The molecule has 1 fully saturated rings. The summed E-state index contributed by atoms with van der Waals surface area (Å²) < 4.78 is 0. The molecule has 1 aromatic rings. The van der Waals surface area contributed by atoms with E-state index in [1.807, 2.05) is 11.8 Å². The van der Waals surface area contributed by atoms with Gasteiger partial charge in [-0.25, -0.2) is 9.78 Å². The van der Waals surface area contributed by atoms with E-state index >= 15 is 0 Å². The van der Waals surface area contributed by atoms with Crippen LogP contribution in [0, 0.1) is 0 Å². The molecule has 2 heterocycles. The summed E-state index contributed by atoms with van der Waals surface area (Å²) in [6.45, 7) is 3.17. The Hall–Kier alpha value is -2.37. The van der Waals surface area contributed by atoms with E-state index < -0.39 is 5.97 Å². The van der Waals surface area contributed by atoms with Gasteiger partial charge in [0.25, 0.3) is 0 Å². The van der Waals surface area contributed by atoms with Gasteiger partial charge >= 0.3 is 5.97 Å². The third kappa shape index (κ3) is 2.96. The molecule has 2 rings (SSSR count). The Morgan fingerprint density at radius 1 is 1.65 bits per heavy atom. The molecule has 1 amide bonds. The number of aliphatic carboxylic acids is 1. The second-order valence-electron chi connectivity index (χ2n) is 4.50. The van der Waals surface area contributed by atoms with Gasteiger partial charge in [0.1, 0.15) is 11.9 Å². The summed E-state index contributed by atoms with van der Waals surface area (Å²) >= 11 is 0. The minimum absolute atomic E-state index is 0.0161. The number of piperazine rings is 1. The van der Waals surface area contributed by atoms with E-state index in [2.05, 4.69) is 10.3 Å². The van der Waals surface area contributed by atoms with Crippen LogP contribution in [-0.4, -0.2) is 41.1 Å². The summed E-state index contributed by atoms with van der Waals surface area (Å²) in [6, 6.07) is 3.27. The van der Waals surface area contributed by atoms with Gasteiger partial charge in [-0.3, -0.25) is 4.79 Å². The molecule has 0 radical (unpaired) electrons. The Labute approximate surface area is 117 Å². The highest BCUT2D eigenvalue weighted by atomic mass is 16.4. The maximum absolute atomic E-state index is 11.9. The van der Waals surface area contributed by atoms with Crippen molar-refractivity contribution in [2.45, 2.75) is 19.4 Å². The number of carboxylic acid groups (broad SMARTS) is 1. The Bertz CT molecular complexity index is 542. The van der Waals surface area contributed by atoms with Gasteiger partial charge in [-0.1, -0.05) is 6.92 Å². The van der Waals surface area contributed by atoms with Crippen LogP contribution in [0.4, 0.5) is 5.82 Å². The van der Waals surface area contributed by atoms with Gasteiger partial charge in [-0.05, 0) is 24.6 Å². The number of nitrogens with one attached hydrogen (secondary N) is 1. The summed E-state index contributed by atoms with van der Waals surface area (Å²) in [7, 11) is 0. The first kappa shape index (κ1) is 14.0. The maximum Gasteiger partial charge on any atom is 0.328 e. The molecule has 6 nitrogen and oxygen atoms in total. The molecule has 1 atom stereocenters. The van der Waals surface area contributed by atoms with Crippen molar-refractivity contribution in [1.82, 2.24) is 10.3 Å². The molecular formula is C14H17N3O3. The fourth-order valence-corrected chi connectivity index (χ4v) is 2.31. The van der Waals surface area contributed by atoms with Crippen molar-refractivity contribution < 1.29 is 14.7 Å². The monoisotopic (exact) mass is 275 g/mol. The van der Waals surface area contributed by atoms with E-state index in [4.69, 9.17) is 5.11 Å². The average molecular weight is 275 g/mol. The number of hydrogen-bond acceptors (Lipinski definition) is 4. The smallest absolute Gasteiger partial charge is 0.328 e. The molecule has 0 aromatic carbocycles. The van der Waals surface area contributed by atoms with Crippen molar-refractivity contribution >= 4 is 23.8 Å². The third-order valence-corrected chi connectivity index (χ3v) is 3.21. The van der Waals surface area contributed by atoms with Crippen LogP contribution in [0.15, 0.2) is 24.4 Å². The van der Waals surface area contributed by atoms with E-state index in [9.17, 15) is 9.59 Å². The number of nitrogens with zero attached hydrogens (tertiary/aromatic N) is 2. The number of hydrogen-bond donors (Lipinski definition) is 2. The molecule has 0 saturated carbocycles. The zero-order valence-electron chi connectivity index (χ0n) is 11.2. The minimum atomic E-state index is -1.01. The molecule has 0 bridgehead atoms. The van der Waals surface area contributed by atoms with Crippen LogP contribution in [0.3, 0.4) is 0 Å². The molecule has 1 aliphatic heterocycles. The first-order chi connectivity index (χ1) is 9.63. The molecule has 0 spiro atoms. The minimum Gasteiger partial charge on any atom is -0.478 e. The lowest BCUT2D eigenvalue weighted by Gasteiger charge is -2.36. The Balaban J connectivity index is 2.35. The number of carbonyl (C=O) groups is 2. The number of anilines is 1. The fourth-order valence-electron chi connectivity index (χ4n) is 2.31. The number of rotatable bonds is 4. The lowest BCUT2D eigenvalue weighted by Crippen LogP contribution is -2.55. The lowest BCUT2D eigenvalue weighted by molar-refractivity contribution is -0.131. The maximum atomic E-state index is 11.9. The van der Waals surface area contributed by atoms with Gasteiger partial charge in [-0.15, -0.1) is 0 Å². The molecule has 1 saturated heterocycles. The van der Waals surface area contributed by atoms with Gasteiger partial charge in [0.2, 0.25) is 5.91 Å². The first-order valence-electron chi connectivity index (χ1n) is 6.54. The van der Waals surface area contributed by atoms with Crippen molar-refractivity contribution in [3.8, 4) is 0 Å². The van der Waals surface area contributed by atoms with Gasteiger partial charge < -0.3 is 15.3 Å². The second kappa shape index (κ2) is 6.18. The first-order valence-corrected chi connectivity index (χ1v) is 6.54. The Kier molecular flexibility index (Phi) is 4.34. The zero-order chi connectivity index (χ0) is 14.5. The Morgan fingerprint density at radius 3 is 3.15 bits per heavy atom. The topological polar surface area (TPSA) is 82.5 Å². The van der Waals surface area contributed by atoms with Gasteiger partial charge in [0.15, 0.2) is 0 Å². The summed E-state index contributed by atoms with van der Waals surface area (Å²) in [5.41, 5.74) is 0.697. The quantitative estimate of drug-likeness (QED) is 0.798. The average Bonchev–Trinajstić information content (AvgIpc) is 2.45. The van der Waals surface area contributed by atoms with Crippen LogP contribution in [0.2, 0.25) is 0 Å². The molecule has 1 aromatic heterocycles. The van der Waals surface area contributed by atoms with E-state index in [-0.39, 0.29) is 11.9 Å². The van der Waals surface area contributed by atoms with Crippen LogP contribution in [-0.2, 0) is 9.59 Å². The fraction of sp³-hybridized carbons (Fsp3) is 0.357. The highest BCUT2D eigenvalue weighted by Crippen LogP contribution is 2.23. The molecular weight excluding hydrogens is 258 g/mol.